The molecule has 0 spiro atoms. The monoisotopic (exact) mass is 290 g/mol. The van der Waals surface area contributed by atoms with Gasteiger partial charge in [0.15, 0.2) is 0 Å². The van der Waals surface area contributed by atoms with E-state index in [0.717, 1.165) is 32.0 Å². The lowest BCUT2D eigenvalue weighted by Gasteiger charge is -2.36. The smallest absolute Gasteiger partial charge is 0.271 e. The summed E-state index contributed by atoms with van der Waals surface area (Å²) in [5, 5.41) is 9.06. The van der Waals surface area contributed by atoms with E-state index >= 15 is 0 Å². The molecule has 1 aromatic heterocycles. The van der Waals surface area contributed by atoms with E-state index in [1.807, 2.05) is 0 Å². The molecule has 3 rings (SSSR count). The van der Waals surface area contributed by atoms with E-state index < -0.39 is 0 Å². The van der Waals surface area contributed by atoms with Crippen LogP contribution >= 0.6 is 0 Å². The first-order valence-corrected chi connectivity index (χ1v) is 7.83. The molecule has 1 aliphatic carbocycles. The van der Waals surface area contributed by atoms with E-state index in [1.54, 1.807) is 0 Å². The van der Waals surface area contributed by atoms with Crippen LogP contribution in [0.25, 0.3) is 0 Å². The van der Waals surface area contributed by atoms with Gasteiger partial charge in [-0.2, -0.15) is 5.10 Å². The molecular formula is C15H22N4O2. The van der Waals surface area contributed by atoms with Crippen molar-refractivity contribution in [2.45, 2.75) is 50.6 Å². The lowest BCUT2D eigenvalue weighted by Crippen LogP contribution is -2.47. The quantitative estimate of drug-likeness (QED) is 0.867. The second-order valence-corrected chi connectivity index (χ2v) is 6.03. The maximum absolute atomic E-state index is 12.1. The van der Waals surface area contributed by atoms with Gasteiger partial charge in [-0.25, -0.2) is 5.10 Å². The predicted molar refractivity (Wildman–Crippen MR) is 79.2 cm³/mol. The van der Waals surface area contributed by atoms with Gasteiger partial charge >= 0.3 is 0 Å². The van der Waals surface area contributed by atoms with Crippen molar-refractivity contribution in [3.8, 4) is 0 Å². The number of nitrogens with zero attached hydrogens (tertiary/aromatic N) is 2. The van der Waals surface area contributed by atoms with Gasteiger partial charge in [0.1, 0.15) is 5.69 Å². The molecule has 2 fully saturated rings. The molecule has 1 aromatic rings. The molecule has 2 heterocycles. The molecule has 21 heavy (non-hydrogen) atoms. The highest BCUT2D eigenvalue weighted by Gasteiger charge is 2.27. The first-order valence-electron chi connectivity index (χ1n) is 7.83. The summed E-state index contributed by atoms with van der Waals surface area (Å²) >= 11 is 0. The number of aromatic nitrogens is 2. The van der Waals surface area contributed by atoms with Crippen LogP contribution in [0.1, 0.15) is 49.0 Å². The fourth-order valence-electron chi connectivity index (χ4n) is 3.41. The summed E-state index contributed by atoms with van der Waals surface area (Å²) in [6, 6.07) is 3.76. The summed E-state index contributed by atoms with van der Waals surface area (Å²) in [7, 11) is 0. The van der Waals surface area contributed by atoms with Crippen molar-refractivity contribution in [3.63, 3.8) is 0 Å². The number of amides is 1. The minimum atomic E-state index is -0.295. The average Bonchev–Trinajstić information content (AvgIpc) is 3.03. The van der Waals surface area contributed by atoms with Gasteiger partial charge in [-0.1, -0.05) is 12.8 Å². The van der Waals surface area contributed by atoms with Crippen LogP contribution in [0.3, 0.4) is 0 Å². The molecule has 1 aliphatic heterocycles. The van der Waals surface area contributed by atoms with Crippen molar-refractivity contribution in [1.29, 1.82) is 0 Å². The summed E-state index contributed by atoms with van der Waals surface area (Å²) in [6.07, 6.45) is 7.37. The Morgan fingerprint density at radius 3 is 2.52 bits per heavy atom. The molecule has 0 unspecified atom stereocenters. The number of hydrogen-bond acceptors (Lipinski definition) is 4. The third kappa shape index (κ3) is 3.50. The highest BCUT2D eigenvalue weighted by Crippen LogP contribution is 2.26. The van der Waals surface area contributed by atoms with Crippen LogP contribution < -0.4 is 10.9 Å². The fourth-order valence-corrected chi connectivity index (χ4v) is 3.41. The van der Waals surface area contributed by atoms with Gasteiger partial charge in [-0.15, -0.1) is 0 Å². The maximum atomic E-state index is 12.1. The zero-order chi connectivity index (χ0) is 14.7. The van der Waals surface area contributed by atoms with Crippen molar-refractivity contribution in [2.24, 2.45) is 0 Å². The van der Waals surface area contributed by atoms with Crippen molar-refractivity contribution in [3.05, 3.63) is 28.2 Å². The molecule has 2 aliphatic rings. The molecule has 2 N–H and O–H groups in total. The minimum Gasteiger partial charge on any atom is -0.348 e. The first kappa shape index (κ1) is 14.3. The third-order valence-electron chi connectivity index (χ3n) is 4.62. The van der Waals surface area contributed by atoms with Gasteiger partial charge < -0.3 is 10.2 Å². The van der Waals surface area contributed by atoms with E-state index in [0.29, 0.717) is 0 Å². The summed E-state index contributed by atoms with van der Waals surface area (Å²) in [5.74, 6) is -0.203. The second kappa shape index (κ2) is 6.39. The summed E-state index contributed by atoms with van der Waals surface area (Å²) in [4.78, 5) is 25.6. The predicted octanol–water partition coefficient (Wildman–Crippen LogP) is 0.907. The number of rotatable bonds is 3. The second-order valence-electron chi connectivity index (χ2n) is 6.03. The molecule has 0 radical (unpaired) electrons. The zero-order valence-electron chi connectivity index (χ0n) is 12.2. The Morgan fingerprint density at radius 2 is 1.90 bits per heavy atom. The van der Waals surface area contributed by atoms with E-state index in [1.165, 1.54) is 37.8 Å². The Morgan fingerprint density at radius 1 is 1.19 bits per heavy atom. The number of hydrogen-bond donors (Lipinski definition) is 2. The molecule has 0 aromatic carbocycles. The third-order valence-corrected chi connectivity index (χ3v) is 4.62. The number of piperidine rings is 1. The average molecular weight is 290 g/mol. The van der Waals surface area contributed by atoms with Crippen LogP contribution in [0.5, 0.6) is 0 Å². The van der Waals surface area contributed by atoms with Gasteiger partial charge in [-0.05, 0) is 31.7 Å². The van der Waals surface area contributed by atoms with E-state index in [2.05, 4.69) is 20.4 Å². The van der Waals surface area contributed by atoms with Crippen LogP contribution in [-0.2, 0) is 0 Å². The normalized spacial score (nSPS) is 21.5. The molecule has 6 nitrogen and oxygen atoms in total. The van der Waals surface area contributed by atoms with Crippen molar-refractivity contribution >= 4 is 5.91 Å². The Kier molecular flexibility index (Phi) is 4.34. The molecule has 1 saturated heterocycles. The van der Waals surface area contributed by atoms with E-state index in [4.69, 9.17) is 0 Å². The lowest BCUT2D eigenvalue weighted by molar-refractivity contribution is 0.0886. The Labute approximate surface area is 123 Å². The Bertz CT molecular complexity index is 522. The van der Waals surface area contributed by atoms with Crippen LogP contribution in [0.4, 0.5) is 0 Å². The van der Waals surface area contributed by atoms with Crippen LogP contribution in [0.2, 0.25) is 0 Å². The van der Waals surface area contributed by atoms with Gasteiger partial charge in [0, 0.05) is 31.2 Å². The number of nitrogens with one attached hydrogen (secondary N) is 2. The van der Waals surface area contributed by atoms with Crippen LogP contribution in [0, 0.1) is 0 Å². The largest absolute Gasteiger partial charge is 0.348 e. The van der Waals surface area contributed by atoms with Gasteiger partial charge in [-0.3, -0.25) is 9.59 Å². The molecule has 6 heteroatoms. The molecular weight excluding hydrogens is 268 g/mol. The standard InChI is InChI=1S/C15H22N4O2/c20-14-6-5-13(17-18-14)15(21)16-11-7-9-19(10-8-11)12-3-1-2-4-12/h5-6,11-12H,1-4,7-10H2,(H,16,21)(H,18,20). The van der Waals surface area contributed by atoms with Crippen molar-refractivity contribution in [2.75, 3.05) is 13.1 Å². The number of H-pyrrole nitrogens is 1. The number of likely N-dealkylation sites (tertiary alicyclic amines) is 1. The molecule has 0 atom stereocenters. The molecule has 1 amide bonds. The summed E-state index contributed by atoms with van der Waals surface area (Å²) in [5.41, 5.74) is -0.0238. The number of carbonyl (C=O) groups excluding carboxylic acids is 1. The summed E-state index contributed by atoms with van der Waals surface area (Å²) in [6.45, 7) is 2.13. The molecule has 0 bridgehead atoms. The zero-order valence-corrected chi connectivity index (χ0v) is 12.2. The van der Waals surface area contributed by atoms with Crippen LogP contribution in [-0.4, -0.2) is 46.2 Å². The lowest BCUT2D eigenvalue weighted by atomic mass is 10.0. The first-order chi connectivity index (χ1) is 10.2. The van der Waals surface area contributed by atoms with Crippen molar-refractivity contribution < 1.29 is 4.79 Å². The minimum absolute atomic E-state index is 0.203. The number of aromatic amines is 1. The summed E-state index contributed by atoms with van der Waals surface area (Å²) < 4.78 is 0. The topological polar surface area (TPSA) is 78.1 Å². The molecule has 1 saturated carbocycles. The van der Waals surface area contributed by atoms with Gasteiger partial charge in [0.05, 0.1) is 0 Å². The SMILES string of the molecule is O=C(NC1CCN(C2CCCC2)CC1)c1ccc(=O)[nH]n1. The Hall–Kier alpha value is -1.69. The number of carbonyl (C=O) groups is 1. The highest BCUT2D eigenvalue weighted by atomic mass is 16.2. The molecule has 114 valence electrons. The van der Waals surface area contributed by atoms with Crippen LogP contribution in [0.15, 0.2) is 16.9 Å². The highest BCUT2D eigenvalue weighted by molar-refractivity contribution is 5.92. The Balaban J connectivity index is 1.49. The van der Waals surface area contributed by atoms with Gasteiger partial charge in [0.2, 0.25) is 0 Å². The fraction of sp³-hybridized carbons (Fsp3) is 0.667. The van der Waals surface area contributed by atoms with Gasteiger partial charge in [0.25, 0.3) is 11.5 Å². The maximum Gasteiger partial charge on any atom is 0.271 e. The van der Waals surface area contributed by atoms with Crippen molar-refractivity contribution in [1.82, 2.24) is 20.4 Å². The van der Waals surface area contributed by atoms with E-state index in [9.17, 15) is 9.59 Å². The van der Waals surface area contributed by atoms with E-state index in [-0.39, 0.29) is 23.2 Å².